The number of halogens is 1. The normalized spacial score (nSPS) is 14.6. The number of nitrogens with zero attached hydrogens (tertiary/aromatic N) is 1. The SMILES string of the molecule is COc1ccc(N(CC(=O)NC2CCCC2)S(=O)(=O)c2ccccc2)cc1Cl. The zero-order valence-electron chi connectivity index (χ0n) is 15.6. The molecule has 1 fully saturated rings. The molecule has 1 N–H and O–H groups in total. The van der Waals surface area contributed by atoms with E-state index in [1.54, 1.807) is 30.3 Å². The highest BCUT2D eigenvalue weighted by molar-refractivity contribution is 7.92. The zero-order chi connectivity index (χ0) is 20.1. The lowest BCUT2D eigenvalue weighted by Gasteiger charge is -2.25. The second-order valence-electron chi connectivity index (χ2n) is 6.69. The summed E-state index contributed by atoms with van der Waals surface area (Å²) in [7, 11) is -2.47. The van der Waals surface area contributed by atoms with Crippen molar-refractivity contribution in [2.75, 3.05) is 18.0 Å². The van der Waals surface area contributed by atoms with Crippen LogP contribution in [0.25, 0.3) is 0 Å². The van der Waals surface area contributed by atoms with Crippen molar-refractivity contribution in [3.8, 4) is 5.75 Å². The lowest BCUT2D eigenvalue weighted by Crippen LogP contribution is -2.43. The Labute approximate surface area is 170 Å². The molecule has 6 nitrogen and oxygen atoms in total. The van der Waals surface area contributed by atoms with Crippen LogP contribution < -0.4 is 14.4 Å². The minimum Gasteiger partial charge on any atom is -0.495 e. The van der Waals surface area contributed by atoms with Gasteiger partial charge in [0.1, 0.15) is 12.3 Å². The highest BCUT2D eigenvalue weighted by Crippen LogP contribution is 2.32. The number of methoxy groups -OCH3 is 1. The molecule has 8 heteroatoms. The second kappa shape index (κ2) is 8.84. The number of sulfonamides is 1. The Morgan fingerprint density at radius 2 is 1.86 bits per heavy atom. The van der Waals surface area contributed by atoms with Crippen LogP contribution in [0.3, 0.4) is 0 Å². The molecule has 0 bridgehead atoms. The fourth-order valence-electron chi connectivity index (χ4n) is 3.32. The summed E-state index contributed by atoms with van der Waals surface area (Å²) in [5.41, 5.74) is 0.302. The molecule has 0 heterocycles. The molecule has 1 aliphatic rings. The van der Waals surface area contributed by atoms with Gasteiger partial charge in [0.15, 0.2) is 0 Å². The third-order valence-electron chi connectivity index (χ3n) is 4.76. The summed E-state index contributed by atoms with van der Waals surface area (Å²) >= 11 is 6.20. The number of rotatable bonds is 7. The van der Waals surface area contributed by atoms with Crippen LogP contribution in [0.1, 0.15) is 25.7 Å². The number of benzene rings is 2. The molecule has 0 unspecified atom stereocenters. The average Bonchev–Trinajstić information content (AvgIpc) is 3.19. The van der Waals surface area contributed by atoms with E-state index in [1.165, 1.54) is 25.3 Å². The Morgan fingerprint density at radius 1 is 1.18 bits per heavy atom. The van der Waals surface area contributed by atoms with Gasteiger partial charge in [-0.25, -0.2) is 8.42 Å². The van der Waals surface area contributed by atoms with Crippen LogP contribution in [0.4, 0.5) is 5.69 Å². The van der Waals surface area contributed by atoms with Crippen LogP contribution in [-0.4, -0.2) is 34.0 Å². The van der Waals surface area contributed by atoms with Crippen LogP contribution in [-0.2, 0) is 14.8 Å². The van der Waals surface area contributed by atoms with Crippen molar-refractivity contribution in [2.24, 2.45) is 0 Å². The zero-order valence-corrected chi connectivity index (χ0v) is 17.2. The molecule has 2 aromatic rings. The Hall–Kier alpha value is -2.25. The predicted molar refractivity (Wildman–Crippen MR) is 109 cm³/mol. The molecule has 2 aromatic carbocycles. The minimum atomic E-state index is -3.95. The topological polar surface area (TPSA) is 75.7 Å². The fraction of sp³-hybridized carbons (Fsp3) is 0.350. The van der Waals surface area contributed by atoms with Gasteiger partial charge in [-0.05, 0) is 43.2 Å². The lowest BCUT2D eigenvalue weighted by molar-refractivity contribution is -0.120. The van der Waals surface area contributed by atoms with E-state index >= 15 is 0 Å². The molecule has 150 valence electrons. The van der Waals surface area contributed by atoms with Gasteiger partial charge in [-0.3, -0.25) is 9.10 Å². The molecular weight excluding hydrogens is 400 g/mol. The molecule has 0 aliphatic heterocycles. The Bertz CT molecular complexity index is 928. The van der Waals surface area contributed by atoms with Gasteiger partial charge < -0.3 is 10.1 Å². The van der Waals surface area contributed by atoms with Crippen molar-refractivity contribution in [2.45, 2.75) is 36.6 Å². The monoisotopic (exact) mass is 422 g/mol. The van der Waals surface area contributed by atoms with E-state index in [0.29, 0.717) is 11.4 Å². The fourth-order valence-corrected chi connectivity index (χ4v) is 5.00. The van der Waals surface area contributed by atoms with Crippen molar-refractivity contribution >= 4 is 33.2 Å². The highest BCUT2D eigenvalue weighted by Gasteiger charge is 2.28. The summed E-state index contributed by atoms with van der Waals surface area (Å²) in [6, 6.07) is 12.8. The number of carbonyl (C=O) groups excluding carboxylic acids is 1. The molecule has 3 rings (SSSR count). The number of carbonyl (C=O) groups is 1. The molecule has 0 atom stereocenters. The molecule has 28 heavy (non-hydrogen) atoms. The lowest BCUT2D eigenvalue weighted by atomic mass is 10.2. The van der Waals surface area contributed by atoms with E-state index in [2.05, 4.69) is 5.32 Å². The number of hydrogen-bond acceptors (Lipinski definition) is 4. The van der Waals surface area contributed by atoms with E-state index in [1.807, 2.05) is 0 Å². The van der Waals surface area contributed by atoms with E-state index < -0.39 is 10.0 Å². The van der Waals surface area contributed by atoms with Crippen molar-refractivity contribution in [1.29, 1.82) is 0 Å². The first-order chi connectivity index (χ1) is 13.4. The molecule has 0 radical (unpaired) electrons. The molecule has 1 aliphatic carbocycles. The van der Waals surface area contributed by atoms with Gasteiger partial charge in [-0.1, -0.05) is 42.6 Å². The maximum absolute atomic E-state index is 13.2. The van der Waals surface area contributed by atoms with Crippen LogP contribution in [0.15, 0.2) is 53.4 Å². The average molecular weight is 423 g/mol. The molecule has 1 saturated carbocycles. The predicted octanol–water partition coefficient (Wildman–Crippen LogP) is 3.60. The van der Waals surface area contributed by atoms with Gasteiger partial charge in [0.05, 0.1) is 22.7 Å². The van der Waals surface area contributed by atoms with Gasteiger partial charge in [-0.2, -0.15) is 0 Å². The molecular formula is C20H23ClN2O4S. The van der Waals surface area contributed by atoms with Crippen molar-refractivity contribution < 1.29 is 17.9 Å². The van der Waals surface area contributed by atoms with Crippen molar-refractivity contribution in [3.05, 3.63) is 53.6 Å². The maximum atomic E-state index is 13.2. The van der Waals surface area contributed by atoms with Crippen LogP contribution >= 0.6 is 11.6 Å². The largest absolute Gasteiger partial charge is 0.495 e. The van der Waals surface area contributed by atoms with Crippen molar-refractivity contribution in [3.63, 3.8) is 0 Å². The molecule has 1 amide bonds. The second-order valence-corrected chi connectivity index (χ2v) is 8.96. The number of anilines is 1. The third kappa shape index (κ3) is 4.59. The van der Waals surface area contributed by atoms with Gasteiger partial charge in [0.25, 0.3) is 10.0 Å². The van der Waals surface area contributed by atoms with Gasteiger partial charge in [0.2, 0.25) is 5.91 Å². The van der Waals surface area contributed by atoms with E-state index in [4.69, 9.17) is 16.3 Å². The number of hydrogen-bond donors (Lipinski definition) is 1. The Morgan fingerprint density at radius 3 is 2.46 bits per heavy atom. The molecule has 0 saturated heterocycles. The van der Waals surface area contributed by atoms with Gasteiger partial charge in [-0.15, -0.1) is 0 Å². The summed E-state index contributed by atoms with van der Waals surface area (Å²) in [5.74, 6) is 0.0937. The number of ether oxygens (including phenoxy) is 1. The Balaban J connectivity index is 1.93. The first-order valence-electron chi connectivity index (χ1n) is 9.12. The Kier molecular flexibility index (Phi) is 6.46. The number of amides is 1. The maximum Gasteiger partial charge on any atom is 0.264 e. The van der Waals surface area contributed by atoms with Gasteiger partial charge in [0, 0.05) is 6.04 Å². The summed E-state index contributed by atoms with van der Waals surface area (Å²) in [6.45, 7) is -0.323. The quantitative estimate of drug-likeness (QED) is 0.739. The standard InChI is InChI=1S/C20H23ClN2O4S/c1-27-19-12-11-16(13-18(19)21)23(14-20(24)22-15-7-5-6-8-15)28(25,26)17-9-3-2-4-10-17/h2-4,9-13,15H,5-8,14H2,1H3,(H,22,24). The van der Waals surface area contributed by atoms with Crippen LogP contribution in [0.5, 0.6) is 5.75 Å². The molecule has 0 aromatic heterocycles. The summed E-state index contributed by atoms with van der Waals surface area (Å²) in [6.07, 6.45) is 3.99. The van der Waals surface area contributed by atoms with E-state index in [-0.39, 0.29) is 28.4 Å². The van der Waals surface area contributed by atoms with Gasteiger partial charge >= 0.3 is 0 Å². The molecule has 0 spiro atoms. The third-order valence-corrected chi connectivity index (χ3v) is 6.85. The van der Waals surface area contributed by atoms with E-state index in [9.17, 15) is 13.2 Å². The summed E-state index contributed by atoms with van der Waals surface area (Å²) in [4.78, 5) is 12.7. The first kappa shape index (κ1) is 20.5. The highest BCUT2D eigenvalue weighted by atomic mass is 35.5. The minimum absolute atomic E-state index is 0.105. The number of nitrogens with one attached hydrogen (secondary N) is 1. The summed E-state index contributed by atoms with van der Waals surface area (Å²) < 4.78 is 32.7. The smallest absolute Gasteiger partial charge is 0.264 e. The summed E-state index contributed by atoms with van der Waals surface area (Å²) in [5, 5.41) is 3.21. The first-order valence-corrected chi connectivity index (χ1v) is 10.9. The van der Waals surface area contributed by atoms with Crippen LogP contribution in [0.2, 0.25) is 5.02 Å². The van der Waals surface area contributed by atoms with Crippen molar-refractivity contribution in [1.82, 2.24) is 5.32 Å². The van der Waals surface area contributed by atoms with E-state index in [0.717, 1.165) is 30.0 Å². The van der Waals surface area contributed by atoms with Crippen LogP contribution in [0, 0.1) is 0 Å².